The van der Waals surface area contributed by atoms with Gasteiger partial charge in [-0.1, -0.05) is 42.4 Å². The van der Waals surface area contributed by atoms with E-state index < -0.39 is 48.2 Å². The normalized spacial score (nSPS) is 15.0. The highest BCUT2D eigenvalue weighted by Crippen LogP contribution is 2.31. The zero-order valence-electron chi connectivity index (χ0n) is 22.5. The molecule has 2 aromatic carbocycles. The van der Waals surface area contributed by atoms with E-state index >= 15 is 0 Å². The molecule has 2 aromatic heterocycles. The van der Waals surface area contributed by atoms with Gasteiger partial charge in [-0.05, 0) is 60.6 Å². The first kappa shape index (κ1) is 14.6. The molecule has 0 spiro atoms. The Bertz CT molecular complexity index is 1490. The fourth-order valence-corrected chi connectivity index (χ4v) is 3.40. The van der Waals surface area contributed by atoms with Gasteiger partial charge < -0.3 is 0 Å². The topological polar surface area (TPSA) is 34.4 Å². The number of alkyl halides is 3. The van der Waals surface area contributed by atoms with Gasteiger partial charge in [-0.15, -0.1) is 0 Å². The van der Waals surface area contributed by atoms with Gasteiger partial charge in [0, 0.05) is 16.7 Å². The van der Waals surface area contributed by atoms with Crippen LogP contribution in [0.2, 0.25) is 0 Å². The zero-order valence-corrected chi connectivity index (χ0v) is 16.5. The number of aryl methyl sites for hydroxylation is 2. The van der Waals surface area contributed by atoms with Gasteiger partial charge in [0.1, 0.15) is 11.3 Å². The van der Waals surface area contributed by atoms with E-state index in [0.29, 0.717) is 17.5 Å². The van der Waals surface area contributed by atoms with Crippen LogP contribution >= 0.6 is 0 Å². The summed E-state index contributed by atoms with van der Waals surface area (Å²) in [6, 6.07) is 10.8. The Morgan fingerprint density at radius 2 is 1.71 bits per heavy atom. The molecule has 158 valence electrons. The van der Waals surface area contributed by atoms with Crippen molar-refractivity contribution in [1.29, 1.82) is 0 Å². The van der Waals surface area contributed by atoms with E-state index in [4.69, 9.17) is 8.22 Å². The van der Waals surface area contributed by atoms with Crippen molar-refractivity contribution in [2.75, 3.05) is 0 Å². The number of imidazole rings is 1. The largest absolute Gasteiger partial charge is 0.416 e. The highest BCUT2D eigenvalue weighted by molar-refractivity contribution is 5.96. The first-order chi connectivity index (χ1) is 17.2. The smallest absolute Gasteiger partial charge is 0.297 e. The van der Waals surface area contributed by atoms with E-state index in [1.807, 2.05) is 0 Å². The van der Waals surface area contributed by atoms with Crippen LogP contribution in [0.4, 0.5) is 13.2 Å². The first-order valence-corrected chi connectivity index (χ1v) is 9.49. The maximum atomic E-state index is 13.1. The molecule has 0 aliphatic heterocycles. The zero-order chi connectivity index (χ0) is 27.3. The third-order valence-corrected chi connectivity index (χ3v) is 4.98. The molecule has 4 rings (SSSR count). The van der Waals surface area contributed by atoms with Crippen LogP contribution in [0.3, 0.4) is 0 Å². The Balaban J connectivity index is 1.57. The number of Topliss-reactive ketones (excluding diaryl/α,β-unsaturated/α-hetero) is 1. The van der Waals surface area contributed by atoms with Crippen LogP contribution in [-0.2, 0) is 12.6 Å². The Morgan fingerprint density at radius 3 is 2.32 bits per heavy atom. The number of pyridine rings is 1. The summed E-state index contributed by atoms with van der Waals surface area (Å²) in [6.07, 6.45) is -4.66. The lowest BCUT2D eigenvalue weighted by molar-refractivity contribution is -0.137. The summed E-state index contributed by atoms with van der Waals surface area (Å²) in [4.78, 5) is 17.3. The molecule has 31 heavy (non-hydrogen) atoms. The SMILES string of the molecule is [2H]c1c(C([2H])([2H])[2H])c([2H])n2c(C(=O)CCc3ccc(-c4ccc(C(F)(F)F)cc4)cc3)c(C)nc2c1[2H]. The van der Waals surface area contributed by atoms with Crippen LogP contribution in [0, 0.1) is 13.8 Å². The summed E-state index contributed by atoms with van der Waals surface area (Å²) in [5, 5.41) is 0. The van der Waals surface area contributed by atoms with Crippen LogP contribution in [0.25, 0.3) is 16.8 Å². The van der Waals surface area contributed by atoms with Crippen molar-refractivity contribution in [2.24, 2.45) is 0 Å². The summed E-state index contributed by atoms with van der Waals surface area (Å²) in [6.45, 7) is -1.29. The van der Waals surface area contributed by atoms with Gasteiger partial charge in [0.05, 0.1) is 15.4 Å². The fraction of sp³-hybridized carbons (Fsp3) is 0.200. The minimum absolute atomic E-state index is 0.000347. The Hall–Kier alpha value is -3.41. The number of ketones is 1. The van der Waals surface area contributed by atoms with Crippen molar-refractivity contribution in [2.45, 2.75) is 32.8 Å². The third kappa shape index (κ3) is 4.38. The number of halogens is 3. The number of rotatable bonds is 5. The van der Waals surface area contributed by atoms with Gasteiger partial charge in [0.2, 0.25) is 0 Å². The van der Waals surface area contributed by atoms with E-state index in [1.54, 1.807) is 24.3 Å². The van der Waals surface area contributed by atoms with Gasteiger partial charge in [-0.25, -0.2) is 4.98 Å². The molecule has 2 heterocycles. The predicted octanol–water partition coefficient (Wildman–Crippen LogP) is 6.45. The highest BCUT2D eigenvalue weighted by atomic mass is 19.4. The van der Waals surface area contributed by atoms with Crippen molar-refractivity contribution in [1.82, 2.24) is 9.38 Å². The molecule has 0 radical (unpaired) electrons. The summed E-state index contributed by atoms with van der Waals surface area (Å²) in [5.74, 6) is -0.404. The van der Waals surface area contributed by atoms with E-state index in [2.05, 4.69) is 4.98 Å². The molecule has 0 aliphatic carbocycles. The van der Waals surface area contributed by atoms with Crippen LogP contribution in [0.15, 0.2) is 66.8 Å². The predicted molar refractivity (Wildman–Crippen MR) is 114 cm³/mol. The van der Waals surface area contributed by atoms with Gasteiger partial charge in [-0.2, -0.15) is 13.2 Å². The number of hydrogen-bond acceptors (Lipinski definition) is 2. The Labute approximate surface area is 186 Å². The fourth-order valence-electron chi connectivity index (χ4n) is 3.40. The van der Waals surface area contributed by atoms with E-state index in [9.17, 15) is 18.0 Å². The van der Waals surface area contributed by atoms with Crippen molar-refractivity contribution in [3.05, 3.63) is 94.9 Å². The van der Waals surface area contributed by atoms with Gasteiger partial charge in [0.25, 0.3) is 0 Å². The maximum absolute atomic E-state index is 13.1. The average molecular weight is 428 g/mol. The highest BCUT2D eigenvalue weighted by Gasteiger charge is 2.29. The van der Waals surface area contributed by atoms with Crippen LogP contribution < -0.4 is 0 Å². The number of aromatic nitrogens is 2. The summed E-state index contributed by atoms with van der Waals surface area (Å²) >= 11 is 0. The number of fused-ring (bicyclic) bond motifs is 1. The van der Waals surface area contributed by atoms with E-state index in [1.165, 1.54) is 19.1 Å². The lowest BCUT2D eigenvalue weighted by Gasteiger charge is -2.08. The third-order valence-electron chi connectivity index (χ3n) is 4.98. The molecular weight excluding hydrogens is 401 g/mol. The first-order valence-electron chi connectivity index (χ1n) is 12.5. The minimum Gasteiger partial charge on any atom is -0.297 e. The molecule has 3 nitrogen and oxygen atoms in total. The van der Waals surface area contributed by atoms with Crippen molar-refractivity contribution >= 4 is 11.4 Å². The van der Waals surface area contributed by atoms with Crippen molar-refractivity contribution in [3.63, 3.8) is 0 Å². The molecule has 0 N–H and O–H groups in total. The molecule has 0 atom stereocenters. The molecule has 6 heteroatoms. The quantitative estimate of drug-likeness (QED) is 0.342. The molecule has 0 saturated heterocycles. The van der Waals surface area contributed by atoms with Gasteiger partial charge in [0.15, 0.2) is 5.78 Å². The van der Waals surface area contributed by atoms with Gasteiger partial charge in [-0.3, -0.25) is 9.20 Å². The second kappa shape index (κ2) is 8.02. The van der Waals surface area contributed by atoms with Gasteiger partial charge >= 0.3 is 6.18 Å². The second-order valence-corrected chi connectivity index (χ2v) is 7.14. The monoisotopic (exact) mass is 428 g/mol. The number of nitrogens with zero attached hydrogens (tertiary/aromatic N) is 2. The van der Waals surface area contributed by atoms with Crippen molar-refractivity contribution < 1.29 is 26.2 Å². The number of benzene rings is 2. The summed E-state index contributed by atoms with van der Waals surface area (Å²) in [5.41, 5.74) is 0.885. The maximum Gasteiger partial charge on any atom is 0.416 e. The molecule has 4 aromatic rings. The number of carbonyl (C=O) groups excluding carboxylic acids is 1. The molecule has 0 fully saturated rings. The molecule has 0 saturated carbocycles. The number of carbonyl (C=O) groups is 1. The lowest BCUT2D eigenvalue weighted by Crippen LogP contribution is -2.07. The lowest BCUT2D eigenvalue weighted by atomic mass is 10.00. The number of hydrogen-bond donors (Lipinski definition) is 0. The van der Waals surface area contributed by atoms with Crippen LogP contribution in [0.1, 0.15) is 47.5 Å². The minimum atomic E-state index is -4.41. The molecule has 0 unspecified atom stereocenters. The van der Waals surface area contributed by atoms with Crippen molar-refractivity contribution in [3.8, 4) is 11.1 Å². The van der Waals surface area contributed by atoms with Crippen LogP contribution in [0.5, 0.6) is 0 Å². The molecule has 0 amide bonds. The standard InChI is InChI=1S/C25H21F3N2O/c1-16-3-14-23-29-17(2)24(30(23)15-16)22(31)13-6-18-4-7-19(8-5-18)20-9-11-21(12-10-20)25(26,27)28/h3-5,7-12,14-15H,6,13H2,1-2H3/i1D3,3D,14D,15D. The molecule has 0 bridgehead atoms. The van der Waals surface area contributed by atoms with E-state index in [0.717, 1.165) is 22.1 Å². The molecule has 0 aliphatic rings. The van der Waals surface area contributed by atoms with Crippen LogP contribution in [-0.4, -0.2) is 15.2 Å². The Kier molecular flexibility index (Phi) is 3.77. The second-order valence-electron chi connectivity index (χ2n) is 7.14. The van der Waals surface area contributed by atoms with E-state index in [-0.39, 0.29) is 23.5 Å². The summed E-state index contributed by atoms with van der Waals surface area (Å²) in [7, 11) is 0. The average Bonchev–Trinajstić information content (AvgIpc) is 3.18. The summed E-state index contributed by atoms with van der Waals surface area (Å²) < 4.78 is 86.9. The Morgan fingerprint density at radius 1 is 1.06 bits per heavy atom. The molecular formula is C25H21F3N2O.